The van der Waals surface area contributed by atoms with Crippen molar-refractivity contribution in [3.8, 4) is 11.3 Å². The third-order valence-corrected chi connectivity index (χ3v) is 2.42. The van der Waals surface area contributed by atoms with Crippen molar-refractivity contribution in [2.75, 3.05) is 5.73 Å². The molecule has 0 radical (unpaired) electrons. The van der Waals surface area contributed by atoms with Crippen LogP contribution in [0.1, 0.15) is 12.5 Å². The van der Waals surface area contributed by atoms with Gasteiger partial charge in [-0.2, -0.15) is 0 Å². The van der Waals surface area contributed by atoms with Gasteiger partial charge < -0.3 is 5.73 Å². The van der Waals surface area contributed by atoms with Crippen molar-refractivity contribution in [3.63, 3.8) is 0 Å². The minimum Gasteiger partial charge on any atom is -0.399 e. The van der Waals surface area contributed by atoms with Crippen LogP contribution in [0.5, 0.6) is 0 Å². The fraction of sp³-hybridized carbons (Fsp3) is 0.154. The van der Waals surface area contributed by atoms with Crippen LogP contribution in [0, 0.1) is 0 Å². The molecule has 2 N–H and O–H groups in total. The van der Waals surface area contributed by atoms with Crippen molar-refractivity contribution in [1.29, 1.82) is 0 Å². The van der Waals surface area contributed by atoms with Crippen LogP contribution in [0.4, 0.5) is 5.69 Å². The van der Waals surface area contributed by atoms with E-state index >= 15 is 0 Å². The molecule has 0 saturated carbocycles. The summed E-state index contributed by atoms with van der Waals surface area (Å²) in [7, 11) is 0. The van der Waals surface area contributed by atoms with Gasteiger partial charge >= 0.3 is 0 Å². The number of benzene rings is 1. The van der Waals surface area contributed by atoms with Crippen molar-refractivity contribution >= 4 is 5.69 Å². The number of pyridine rings is 1. The topological polar surface area (TPSA) is 38.9 Å². The number of rotatable bonds is 2. The van der Waals surface area contributed by atoms with Gasteiger partial charge in [0.2, 0.25) is 0 Å². The smallest absolute Gasteiger partial charge is 0.0702 e. The van der Waals surface area contributed by atoms with E-state index in [1.54, 1.807) is 0 Å². The Bertz CT molecular complexity index is 446. The quantitative estimate of drug-likeness (QED) is 0.753. The average Bonchev–Trinajstić information content (AvgIpc) is 2.29. The molecule has 0 fully saturated rings. The SMILES string of the molecule is CCc1ccc(-c2cccc(N)c2)nc1. The van der Waals surface area contributed by atoms with Crippen LogP contribution < -0.4 is 5.73 Å². The minimum absolute atomic E-state index is 0.772. The number of aromatic nitrogens is 1. The Balaban J connectivity index is 2.37. The van der Waals surface area contributed by atoms with Gasteiger partial charge in [-0.05, 0) is 30.2 Å². The third kappa shape index (κ3) is 2.15. The van der Waals surface area contributed by atoms with Gasteiger partial charge in [0.25, 0.3) is 0 Å². The average molecular weight is 198 g/mol. The van der Waals surface area contributed by atoms with Gasteiger partial charge in [0, 0.05) is 17.4 Å². The van der Waals surface area contributed by atoms with Crippen LogP contribution in [0.25, 0.3) is 11.3 Å². The zero-order valence-corrected chi connectivity index (χ0v) is 8.77. The Labute approximate surface area is 89.8 Å². The van der Waals surface area contributed by atoms with Crippen LogP contribution in [-0.4, -0.2) is 4.98 Å². The molecule has 0 bridgehead atoms. The molecule has 0 atom stereocenters. The van der Waals surface area contributed by atoms with E-state index in [1.165, 1.54) is 5.56 Å². The first kappa shape index (κ1) is 9.71. The summed E-state index contributed by atoms with van der Waals surface area (Å²) in [6, 6.07) is 11.9. The van der Waals surface area contributed by atoms with Gasteiger partial charge in [-0.1, -0.05) is 25.1 Å². The molecular formula is C13H14N2. The molecule has 15 heavy (non-hydrogen) atoms. The molecule has 0 aliphatic carbocycles. The molecule has 1 aromatic heterocycles. The molecule has 76 valence electrons. The van der Waals surface area contributed by atoms with E-state index in [9.17, 15) is 0 Å². The second-order valence-electron chi connectivity index (χ2n) is 3.53. The van der Waals surface area contributed by atoms with Crippen LogP contribution in [-0.2, 0) is 6.42 Å². The highest BCUT2D eigenvalue weighted by atomic mass is 14.7. The summed E-state index contributed by atoms with van der Waals surface area (Å²) >= 11 is 0. The van der Waals surface area contributed by atoms with Crippen LogP contribution in [0.2, 0.25) is 0 Å². The van der Waals surface area contributed by atoms with Crippen molar-refractivity contribution < 1.29 is 0 Å². The summed E-state index contributed by atoms with van der Waals surface area (Å²) in [5.74, 6) is 0. The predicted molar refractivity (Wildman–Crippen MR) is 63.5 cm³/mol. The molecule has 2 heteroatoms. The highest BCUT2D eigenvalue weighted by Gasteiger charge is 1.98. The number of hydrogen-bond acceptors (Lipinski definition) is 2. The lowest BCUT2D eigenvalue weighted by Gasteiger charge is -2.02. The lowest BCUT2D eigenvalue weighted by molar-refractivity contribution is 1.11. The maximum absolute atomic E-state index is 5.72. The molecule has 2 aromatic rings. The number of nitrogens with two attached hydrogens (primary N) is 1. The highest BCUT2D eigenvalue weighted by Crippen LogP contribution is 2.19. The molecule has 0 spiro atoms. The Kier molecular flexibility index (Phi) is 2.68. The summed E-state index contributed by atoms with van der Waals surface area (Å²) in [6.45, 7) is 2.12. The monoisotopic (exact) mass is 198 g/mol. The number of hydrogen-bond donors (Lipinski definition) is 1. The fourth-order valence-electron chi connectivity index (χ4n) is 1.50. The fourth-order valence-corrected chi connectivity index (χ4v) is 1.50. The minimum atomic E-state index is 0.772. The zero-order valence-electron chi connectivity index (χ0n) is 8.77. The van der Waals surface area contributed by atoms with Crippen molar-refractivity contribution in [2.45, 2.75) is 13.3 Å². The number of nitrogens with zero attached hydrogens (tertiary/aromatic N) is 1. The van der Waals surface area contributed by atoms with Crippen molar-refractivity contribution in [3.05, 3.63) is 48.2 Å². The van der Waals surface area contributed by atoms with E-state index in [-0.39, 0.29) is 0 Å². The van der Waals surface area contributed by atoms with Crippen molar-refractivity contribution in [2.24, 2.45) is 0 Å². The van der Waals surface area contributed by atoms with Crippen LogP contribution in [0.3, 0.4) is 0 Å². The van der Waals surface area contributed by atoms with E-state index in [4.69, 9.17) is 5.73 Å². The first-order valence-electron chi connectivity index (χ1n) is 5.10. The van der Waals surface area contributed by atoms with Gasteiger partial charge in [-0.25, -0.2) is 0 Å². The molecule has 0 aliphatic rings. The zero-order chi connectivity index (χ0) is 10.7. The van der Waals surface area contributed by atoms with E-state index in [0.29, 0.717) is 0 Å². The first-order valence-corrected chi connectivity index (χ1v) is 5.10. The van der Waals surface area contributed by atoms with Gasteiger partial charge in [-0.3, -0.25) is 4.98 Å². The summed E-state index contributed by atoms with van der Waals surface area (Å²) in [5, 5.41) is 0. The van der Waals surface area contributed by atoms with Gasteiger partial charge in [0.15, 0.2) is 0 Å². The van der Waals surface area contributed by atoms with E-state index in [1.807, 2.05) is 36.5 Å². The van der Waals surface area contributed by atoms with Gasteiger partial charge in [-0.15, -0.1) is 0 Å². The van der Waals surface area contributed by atoms with E-state index in [0.717, 1.165) is 23.4 Å². The lowest BCUT2D eigenvalue weighted by atomic mass is 10.1. The summed E-state index contributed by atoms with van der Waals surface area (Å²) in [6.07, 6.45) is 2.93. The largest absolute Gasteiger partial charge is 0.399 e. The molecule has 0 amide bonds. The third-order valence-electron chi connectivity index (χ3n) is 2.42. The van der Waals surface area contributed by atoms with Gasteiger partial charge in [0.05, 0.1) is 5.69 Å². The highest BCUT2D eigenvalue weighted by molar-refractivity contribution is 5.63. The molecule has 2 nitrogen and oxygen atoms in total. The van der Waals surface area contributed by atoms with Crippen LogP contribution >= 0.6 is 0 Å². The first-order chi connectivity index (χ1) is 7.29. The molecule has 0 unspecified atom stereocenters. The molecule has 2 rings (SSSR count). The molecule has 0 aliphatic heterocycles. The second kappa shape index (κ2) is 4.13. The second-order valence-corrected chi connectivity index (χ2v) is 3.53. The number of anilines is 1. The normalized spacial score (nSPS) is 10.2. The van der Waals surface area contributed by atoms with Gasteiger partial charge in [0.1, 0.15) is 0 Å². The van der Waals surface area contributed by atoms with E-state index in [2.05, 4.69) is 18.0 Å². The Hall–Kier alpha value is -1.83. The predicted octanol–water partition coefficient (Wildman–Crippen LogP) is 2.89. The summed E-state index contributed by atoms with van der Waals surface area (Å²) in [5.41, 5.74) is 9.79. The van der Waals surface area contributed by atoms with Crippen LogP contribution in [0.15, 0.2) is 42.6 Å². The molecule has 1 heterocycles. The maximum atomic E-state index is 5.72. The summed E-state index contributed by atoms with van der Waals surface area (Å²) in [4.78, 5) is 4.41. The number of nitrogen functional groups attached to an aromatic ring is 1. The van der Waals surface area contributed by atoms with E-state index < -0.39 is 0 Å². The molecule has 0 saturated heterocycles. The lowest BCUT2D eigenvalue weighted by Crippen LogP contribution is -1.88. The number of aryl methyl sites for hydroxylation is 1. The van der Waals surface area contributed by atoms with Crippen molar-refractivity contribution in [1.82, 2.24) is 4.98 Å². The summed E-state index contributed by atoms with van der Waals surface area (Å²) < 4.78 is 0. The maximum Gasteiger partial charge on any atom is 0.0702 e. The Morgan fingerprint density at radius 1 is 1.20 bits per heavy atom. The molecule has 1 aromatic carbocycles. The standard InChI is InChI=1S/C13H14N2/c1-2-10-6-7-13(15-9-10)11-4-3-5-12(14)8-11/h3-9H,2,14H2,1H3. The molecular weight excluding hydrogens is 184 g/mol. The Morgan fingerprint density at radius 2 is 2.07 bits per heavy atom. The Morgan fingerprint density at radius 3 is 2.67 bits per heavy atom.